The van der Waals surface area contributed by atoms with Crippen LogP contribution in [0.3, 0.4) is 0 Å². The number of esters is 1. The largest absolute Gasteiger partial charge is 0.489 e. The van der Waals surface area contributed by atoms with Crippen LogP contribution in [0.1, 0.15) is 27.3 Å². The predicted octanol–water partition coefficient (Wildman–Crippen LogP) is 1.71. The Labute approximate surface area is 158 Å². The number of furan rings is 1. The van der Waals surface area contributed by atoms with Gasteiger partial charge in [-0.15, -0.1) is 0 Å². The number of hydrogen-bond acceptors (Lipinski definition) is 7. The molecule has 9 nitrogen and oxygen atoms in total. The molecular weight excluding hydrogens is 380 g/mol. The Bertz CT molecular complexity index is 851. The molecule has 10 heteroatoms. The monoisotopic (exact) mass is 394 g/mol. The van der Waals surface area contributed by atoms with Crippen molar-refractivity contribution in [3.63, 3.8) is 0 Å². The van der Waals surface area contributed by atoms with Gasteiger partial charge in [0.2, 0.25) is 0 Å². The van der Waals surface area contributed by atoms with Crippen LogP contribution in [0.25, 0.3) is 0 Å². The van der Waals surface area contributed by atoms with E-state index < -0.39 is 24.4 Å². The number of fused-ring (bicyclic) bond motifs is 1. The lowest BCUT2D eigenvalue weighted by molar-refractivity contribution is -0.125. The Kier molecular flexibility index (Phi) is 5.82. The van der Waals surface area contributed by atoms with Crippen LogP contribution in [0.2, 0.25) is 5.02 Å². The molecule has 142 valence electrons. The highest BCUT2D eigenvalue weighted by Crippen LogP contribution is 2.38. The fourth-order valence-electron chi connectivity index (χ4n) is 2.19. The van der Waals surface area contributed by atoms with Gasteiger partial charge in [0.05, 0.1) is 30.1 Å². The third-order valence-electron chi connectivity index (χ3n) is 3.43. The van der Waals surface area contributed by atoms with Gasteiger partial charge in [-0.2, -0.15) is 0 Å². The number of rotatable bonds is 4. The van der Waals surface area contributed by atoms with E-state index in [2.05, 4.69) is 10.9 Å². The second kappa shape index (κ2) is 8.45. The van der Waals surface area contributed by atoms with Gasteiger partial charge in [-0.3, -0.25) is 20.4 Å². The molecule has 0 radical (unpaired) electrons. The van der Waals surface area contributed by atoms with Gasteiger partial charge in [0.1, 0.15) is 0 Å². The van der Waals surface area contributed by atoms with Gasteiger partial charge >= 0.3 is 11.9 Å². The van der Waals surface area contributed by atoms with E-state index in [4.69, 9.17) is 30.2 Å². The summed E-state index contributed by atoms with van der Waals surface area (Å²) >= 11 is 6.11. The number of nitrogens with one attached hydrogen (secondary N) is 2. The second-order valence-electron chi connectivity index (χ2n) is 5.39. The van der Waals surface area contributed by atoms with E-state index >= 15 is 0 Å². The van der Waals surface area contributed by atoms with Gasteiger partial charge in [-0.25, -0.2) is 4.79 Å². The van der Waals surface area contributed by atoms with Crippen molar-refractivity contribution in [2.75, 3.05) is 19.8 Å². The van der Waals surface area contributed by atoms with Crippen LogP contribution >= 0.6 is 11.6 Å². The third kappa shape index (κ3) is 4.70. The van der Waals surface area contributed by atoms with Crippen LogP contribution in [0, 0.1) is 0 Å². The third-order valence-corrected chi connectivity index (χ3v) is 3.71. The van der Waals surface area contributed by atoms with Crippen molar-refractivity contribution in [2.45, 2.75) is 6.42 Å². The summed E-state index contributed by atoms with van der Waals surface area (Å²) in [5.41, 5.74) is 4.33. The Morgan fingerprint density at radius 1 is 1.15 bits per heavy atom. The number of amides is 2. The Balaban J connectivity index is 1.53. The van der Waals surface area contributed by atoms with Gasteiger partial charge in [0.25, 0.3) is 5.91 Å². The minimum atomic E-state index is -0.778. The molecule has 1 aliphatic rings. The molecule has 0 saturated heterocycles. The standard InChI is InChI=1S/C17H15ClN2O7/c18-11-7-10(8-13-15(11)26-6-2-5-25-13)17(23)27-9-14(21)19-20-16(22)12-3-1-4-24-12/h1,3-4,7-8H,2,5-6,9H2,(H,19,21)(H,20,22). The van der Waals surface area contributed by atoms with Gasteiger partial charge in [-0.1, -0.05) is 11.6 Å². The molecule has 1 aromatic heterocycles. The first-order valence-corrected chi connectivity index (χ1v) is 8.31. The quantitative estimate of drug-likeness (QED) is 0.599. The van der Waals surface area contributed by atoms with Crippen LogP contribution in [0.15, 0.2) is 34.9 Å². The average Bonchev–Trinajstić information content (AvgIpc) is 3.09. The van der Waals surface area contributed by atoms with Crippen molar-refractivity contribution in [3.05, 3.63) is 46.9 Å². The first-order chi connectivity index (χ1) is 13.0. The molecule has 2 N–H and O–H groups in total. The van der Waals surface area contributed by atoms with Crippen LogP contribution in [-0.2, 0) is 9.53 Å². The Morgan fingerprint density at radius 2 is 1.96 bits per heavy atom. The number of carbonyl (C=O) groups is 3. The number of halogens is 1. The van der Waals surface area contributed by atoms with Crippen molar-refractivity contribution in [3.8, 4) is 11.5 Å². The number of hydrazine groups is 1. The van der Waals surface area contributed by atoms with Crippen molar-refractivity contribution in [2.24, 2.45) is 0 Å². The van der Waals surface area contributed by atoms with E-state index in [0.717, 1.165) is 0 Å². The van der Waals surface area contributed by atoms with Crippen molar-refractivity contribution < 1.29 is 33.0 Å². The summed E-state index contributed by atoms with van der Waals surface area (Å²) in [4.78, 5) is 35.4. The van der Waals surface area contributed by atoms with Crippen molar-refractivity contribution in [1.29, 1.82) is 0 Å². The SMILES string of the molecule is O=C(COC(=O)c1cc(Cl)c2c(c1)OCCCO2)NNC(=O)c1ccco1. The molecule has 2 aromatic rings. The van der Waals surface area contributed by atoms with E-state index in [-0.39, 0.29) is 16.3 Å². The minimum Gasteiger partial charge on any atom is -0.489 e. The summed E-state index contributed by atoms with van der Waals surface area (Å²) in [7, 11) is 0. The summed E-state index contributed by atoms with van der Waals surface area (Å²) in [6.07, 6.45) is 2.01. The number of ether oxygens (including phenoxy) is 3. The molecule has 0 unspecified atom stereocenters. The van der Waals surface area contributed by atoms with Crippen LogP contribution in [-0.4, -0.2) is 37.6 Å². The van der Waals surface area contributed by atoms with E-state index in [1.807, 2.05) is 0 Å². The summed E-state index contributed by atoms with van der Waals surface area (Å²) < 4.78 is 20.7. The zero-order valence-corrected chi connectivity index (χ0v) is 14.7. The maximum Gasteiger partial charge on any atom is 0.338 e. The summed E-state index contributed by atoms with van der Waals surface area (Å²) in [5.74, 6) is -1.43. The maximum atomic E-state index is 12.1. The smallest absolute Gasteiger partial charge is 0.338 e. The molecule has 0 spiro atoms. The molecule has 2 amide bonds. The number of benzene rings is 1. The summed E-state index contributed by atoms with van der Waals surface area (Å²) in [5, 5.41) is 0.205. The number of hydrogen-bond donors (Lipinski definition) is 2. The molecule has 1 aromatic carbocycles. The molecule has 0 aliphatic carbocycles. The zero-order chi connectivity index (χ0) is 19.2. The van der Waals surface area contributed by atoms with Crippen molar-refractivity contribution >= 4 is 29.4 Å². The van der Waals surface area contributed by atoms with Gasteiger partial charge < -0.3 is 18.6 Å². The van der Waals surface area contributed by atoms with Gasteiger partial charge in [-0.05, 0) is 24.3 Å². The molecule has 0 bridgehead atoms. The number of carbonyl (C=O) groups excluding carboxylic acids is 3. The first-order valence-electron chi connectivity index (χ1n) is 7.93. The summed E-state index contributed by atoms with van der Waals surface area (Å²) in [6, 6.07) is 5.76. The highest BCUT2D eigenvalue weighted by molar-refractivity contribution is 6.32. The molecule has 0 saturated carbocycles. The molecule has 3 rings (SSSR count). The molecule has 0 fully saturated rings. The molecule has 27 heavy (non-hydrogen) atoms. The minimum absolute atomic E-state index is 0.0223. The second-order valence-corrected chi connectivity index (χ2v) is 5.80. The Morgan fingerprint density at radius 3 is 2.74 bits per heavy atom. The van der Waals surface area contributed by atoms with E-state index in [1.165, 1.54) is 30.5 Å². The van der Waals surface area contributed by atoms with Crippen LogP contribution in [0.5, 0.6) is 11.5 Å². The topological polar surface area (TPSA) is 116 Å². The van der Waals surface area contributed by atoms with Gasteiger partial charge in [0.15, 0.2) is 23.9 Å². The lowest BCUT2D eigenvalue weighted by atomic mass is 10.2. The molecule has 1 aliphatic heterocycles. The van der Waals surface area contributed by atoms with Crippen molar-refractivity contribution in [1.82, 2.24) is 10.9 Å². The first kappa shape index (κ1) is 18.6. The normalized spacial score (nSPS) is 12.6. The lowest BCUT2D eigenvalue weighted by Crippen LogP contribution is -2.43. The fraction of sp³-hybridized carbons (Fsp3) is 0.235. The predicted molar refractivity (Wildman–Crippen MR) is 91.7 cm³/mol. The fourth-order valence-corrected chi connectivity index (χ4v) is 2.46. The lowest BCUT2D eigenvalue weighted by Gasteiger charge is -2.11. The highest BCUT2D eigenvalue weighted by Gasteiger charge is 2.20. The molecule has 0 atom stereocenters. The van der Waals surface area contributed by atoms with Crippen LogP contribution in [0.4, 0.5) is 0 Å². The maximum absolute atomic E-state index is 12.1. The zero-order valence-electron chi connectivity index (χ0n) is 14.0. The highest BCUT2D eigenvalue weighted by atomic mass is 35.5. The molecular formula is C17H15ClN2O7. The summed E-state index contributed by atoms with van der Waals surface area (Å²) in [6.45, 7) is 0.281. The van der Waals surface area contributed by atoms with E-state index in [0.29, 0.717) is 31.1 Å². The van der Waals surface area contributed by atoms with Crippen LogP contribution < -0.4 is 20.3 Å². The average molecular weight is 395 g/mol. The Hall–Kier alpha value is -3.20. The van der Waals surface area contributed by atoms with Gasteiger partial charge in [0, 0.05) is 6.42 Å². The molecule has 2 heterocycles. The van der Waals surface area contributed by atoms with E-state index in [9.17, 15) is 14.4 Å². The van der Waals surface area contributed by atoms with E-state index in [1.54, 1.807) is 0 Å².